The number of aromatic nitrogens is 2. The van der Waals surface area contributed by atoms with Crippen LogP contribution in [0.4, 0.5) is 0 Å². The predicted octanol–water partition coefficient (Wildman–Crippen LogP) is 2.19. The van der Waals surface area contributed by atoms with Crippen LogP contribution in [0.3, 0.4) is 0 Å². The van der Waals surface area contributed by atoms with Crippen LogP contribution in [0.25, 0.3) is 0 Å². The maximum absolute atomic E-state index is 8.73. The first kappa shape index (κ1) is 14.3. The molecule has 1 aliphatic heterocycles. The van der Waals surface area contributed by atoms with Crippen molar-refractivity contribution >= 4 is 11.3 Å². The number of aromatic amines is 1. The fourth-order valence-corrected chi connectivity index (χ4v) is 3.75. The Morgan fingerprint density at radius 2 is 2.38 bits per heavy atom. The number of nitrogens with one attached hydrogen (secondary N) is 1. The fourth-order valence-electron chi connectivity index (χ4n) is 2.82. The zero-order valence-corrected chi connectivity index (χ0v) is 12.7. The molecule has 1 saturated heterocycles. The van der Waals surface area contributed by atoms with E-state index in [1.165, 1.54) is 23.4 Å². The van der Waals surface area contributed by atoms with Crippen molar-refractivity contribution in [1.82, 2.24) is 15.1 Å². The summed E-state index contributed by atoms with van der Waals surface area (Å²) in [6.45, 7) is 3.14. The molecule has 2 aromatic rings. The maximum atomic E-state index is 8.73. The SMILES string of the molecule is OCC#Cc1ccc(CN2CCCC(c3ccn[nH]3)C2)s1. The first-order valence-electron chi connectivity index (χ1n) is 7.25. The molecule has 0 spiro atoms. The molecule has 3 heterocycles. The Balaban J connectivity index is 1.61. The number of aliphatic hydroxyl groups is 1. The summed E-state index contributed by atoms with van der Waals surface area (Å²) in [5.41, 5.74) is 1.25. The maximum Gasteiger partial charge on any atom is 0.104 e. The monoisotopic (exact) mass is 301 g/mol. The molecule has 1 atom stereocenters. The molecule has 2 aromatic heterocycles. The van der Waals surface area contributed by atoms with E-state index in [2.05, 4.69) is 39.1 Å². The Bertz CT molecular complexity index is 623. The second-order valence-corrected chi connectivity index (χ2v) is 6.48. The molecule has 110 valence electrons. The van der Waals surface area contributed by atoms with Crippen LogP contribution >= 0.6 is 11.3 Å². The van der Waals surface area contributed by atoms with Gasteiger partial charge in [-0.3, -0.25) is 10.00 Å². The van der Waals surface area contributed by atoms with E-state index in [9.17, 15) is 0 Å². The third-order valence-corrected chi connectivity index (χ3v) is 4.78. The average molecular weight is 301 g/mol. The van der Waals surface area contributed by atoms with Crippen molar-refractivity contribution < 1.29 is 5.11 Å². The first-order chi connectivity index (χ1) is 10.3. The van der Waals surface area contributed by atoms with Crippen molar-refractivity contribution in [1.29, 1.82) is 0 Å². The van der Waals surface area contributed by atoms with E-state index < -0.39 is 0 Å². The number of likely N-dealkylation sites (tertiary alicyclic amines) is 1. The Labute approximate surface area is 128 Å². The normalized spacial score (nSPS) is 19.2. The number of rotatable bonds is 3. The van der Waals surface area contributed by atoms with Gasteiger partial charge in [-0.25, -0.2) is 0 Å². The molecule has 2 N–H and O–H groups in total. The summed E-state index contributed by atoms with van der Waals surface area (Å²) < 4.78 is 0. The molecular formula is C16H19N3OS. The number of hydrogen-bond acceptors (Lipinski definition) is 4. The molecule has 1 fully saturated rings. The number of H-pyrrole nitrogens is 1. The Morgan fingerprint density at radius 3 is 3.19 bits per heavy atom. The van der Waals surface area contributed by atoms with E-state index in [1.54, 1.807) is 11.3 Å². The molecule has 0 radical (unpaired) electrons. The van der Waals surface area contributed by atoms with Gasteiger partial charge in [0.1, 0.15) is 6.61 Å². The van der Waals surface area contributed by atoms with Crippen LogP contribution in [0, 0.1) is 11.8 Å². The van der Waals surface area contributed by atoms with E-state index in [-0.39, 0.29) is 6.61 Å². The third-order valence-electron chi connectivity index (χ3n) is 3.80. The van der Waals surface area contributed by atoms with Gasteiger partial charge < -0.3 is 5.11 Å². The van der Waals surface area contributed by atoms with Crippen molar-refractivity contribution in [3.8, 4) is 11.8 Å². The molecule has 3 rings (SSSR count). The topological polar surface area (TPSA) is 52.1 Å². The zero-order chi connectivity index (χ0) is 14.5. The van der Waals surface area contributed by atoms with Gasteiger partial charge >= 0.3 is 0 Å². The van der Waals surface area contributed by atoms with Gasteiger partial charge in [0, 0.05) is 35.8 Å². The van der Waals surface area contributed by atoms with Crippen molar-refractivity contribution in [3.05, 3.63) is 39.8 Å². The van der Waals surface area contributed by atoms with Crippen molar-refractivity contribution in [2.45, 2.75) is 25.3 Å². The number of piperidine rings is 1. The zero-order valence-electron chi connectivity index (χ0n) is 11.9. The second kappa shape index (κ2) is 6.90. The summed E-state index contributed by atoms with van der Waals surface area (Å²) in [6.07, 6.45) is 4.29. The highest BCUT2D eigenvalue weighted by Crippen LogP contribution is 2.27. The highest BCUT2D eigenvalue weighted by molar-refractivity contribution is 7.12. The Kier molecular flexibility index (Phi) is 4.71. The molecule has 21 heavy (non-hydrogen) atoms. The smallest absolute Gasteiger partial charge is 0.104 e. The van der Waals surface area contributed by atoms with Crippen molar-refractivity contribution in [2.75, 3.05) is 19.7 Å². The Morgan fingerprint density at radius 1 is 1.43 bits per heavy atom. The molecule has 0 saturated carbocycles. The van der Waals surface area contributed by atoms with Crippen LogP contribution in [-0.4, -0.2) is 39.9 Å². The second-order valence-electron chi connectivity index (χ2n) is 5.31. The summed E-state index contributed by atoms with van der Waals surface area (Å²) in [5, 5.41) is 15.9. The summed E-state index contributed by atoms with van der Waals surface area (Å²) in [7, 11) is 0. The van der Waals surface area contributed by atoms with E-state index in [1.807, 2.05) is 12.3 Å². The first-order valence-corrected chi connectivity index (χ1v) is 8.07. The van der Waals surface area contributed by atoms with Crippen LogP contribution in [0.1, 0.15) is 34.2 Å². The Hall–Kier alpha value is -1.61. The van der Waals surface area contributed by atoms with Gasteiger partial charge in [0.2, 0.25) is 0 Å². The summed E-state index contributed by atoms with van der Waals surface area (Å²) >= 11 is 1.72. The molecule has 0 amide bonds. The van der Waals surface area contributed by atoms with Gasteiger partial charge in [0.05, 0.1) is 4.88 Å². The van der Waals surface area contributed by atoms with E-state index in [0.29, 0.717) is 5.92 Å². The summed E-state index contributed by atoms with van der Waals surface area (Å²) in [4.78, 5) is 4.87. The summed E-state index contributed by atoms with van der Waals surface area (Å²) in [5.74, 6) is 6.23. The fraction of sp³-hybridized carbons (Fsp3) is 0.438. The van der Waals surface area contributed by atoms with Crippen LogP contribution in [0.15, 0.2) is 24.4 Å². The minimum absolute atomic E-state index is 0.0782. The molecule has 0 aromatic carbocycles. The number of nitrogens with zero attached hydrogens (tertiary/aromatic N) is 2. The molecular weight excluding hydrogens is 282 g/mol. The van der Waals surface area contributed by atoms with Gasteiger partial charge in [0.15, 0.2) is 0 Å². The molecule has 5 heteroatoms. The molecule has 0 bridgehead atoms. The molecule has 0 aliphatic carbocycles. The van der Waals surface area contributed by atoms with Gasteiger partial charge in [0.25, 0.3) is 0 Å². The lowest BCUT2D eigenvalue weighted by atomic mass is 9.95. The lowest BCUT2D eigenvalue weighted by molar-refractivity contribution is 0.200. The molecule has 1 aliphatic rings. The number of thiophene rings is 1. The van der Waals surface area contributed by atoms with Crippen LogP contribution in [-0.2, 0) is 6.54 Å². The van der Waals surface area contributed by atoms with E-state index >= 15 is 0 Å². The number of aliphatic hydroxyl groups excluding tert-OH is 1. The van der Waals surface area contributed by atoms with Crippen LogP contribution in [0.5, 0.6) is 0 Å². The van der Waals surface area contributed by atoms with Gasteiger partial charge in [-0.2, -0.15) is 5.10 Å². The largest absolute Gasteiger partial charge is 0.384 e. The van der Waals surface area contributed by atoms with E-state index in [4.69, 9.17) is 5.11 Å². The van der Waals surface area contributed by atoms with Gasteiger partial charge in [-0.1, -0.05) is 11.8 Å². The van der Waals surface area contributed by atoms with Crippen molar-refractivity contribution in [3.63, 3.8) is 0 Å². The van der Waals surface area contributed by atoms with Gasteiger partial charge in [-0.05, 0) is 37.6 Å². The molecule has 1 unspecified atom stereocenters. The minimum Gasteiger partial charge on any atom is -0.384 e. The van der Waals surface area contributed by atoms with Gasteiger partial charge in [-0.15, -0.1) is 11.3 Å². The standard InChI is InChI=1S/C16H19N3OS/c20-10-2-4-14-5-6-15(21-14)12-19-9-1-3-13(11-19)16-7-8-17-18-16/h5-8,13,20H,1,3,9-12H2,(H,17,18). The average Bonchev–Trinajstić information content (AvgIpc) is 3.17. The quantitative estimate of drug-likeness (QED) is 0.855. The minimum atomic E-state index is -0.0782. The third kappa shape index (κ3) is 3.73. The highest BCUT2D eigenvalue weighted by atomic mass is 32.1. The molecule has 4 nitrogen and oxygen atoms in total. The summed E-state index contributed by atoms with van der Waals surface area (Å²) in [6, 6.07) is 6.27. The lowest BCUT2D eigenvalue weighted by Gasteiger charge is -2.31. The predicted molar refractivity (Wildman–Crippen MR) is 84.1 cm³/mol. The van der Waals surface area contributed by atoms with Crippen LogP contribution in [0.2, 0.25) is 0 Å². The lowest BCUT2D eigenvalue weighted by Crippen LogP contribution is -2.33. The van der Waals surface area contributed by atoms with Crippen LogP contribution < -0.4 is 0 Å². The highest BCUT2D eigenvalue weighted by Gasteiger charge is 2.22. The number of hydrogen-bond donors (Lipinski definition) is 2. The van der Waals surface area contributed by atoms with Crippen molar-refractivity contribution in [2.24, 2.45) is 0 Å². The van der Waals surface area contributed by atoms with E-state index in [0.717, 1.165) is 24.5 Å².